The molecule has 1 unspecified atom stereocenters. The quantitative estimate of drug-likeness (QED) is 0.641. The highest BCUT2D eigenvalue weighted by molar-refractivity contribution is 5.98. The predicted octanol–water partition coefficient (Wildman–Crippen LogP) is 1.85. The van der Waals surface area contributed by atoms with Gasteiger partial charge in [0.1, 0.15) is 11.4 Å². The molecule has 1 saturated heterocycles. The van der Waals surface area contributed by atoms with Crippen LogP contribution in [0.2, 0.25) is 0 Å². The third-order valence-corrected chi connectivity index (χ3v) is 3.64. The van der Waals surface area contributed by atoms with Crippen LogP contribution in [-0.4, -0.2) is 30.5 Å². The van der Waals surface area contributed by atoms with Crippen molar-refractivity contribution in [2.75, 3.05) is 19.6 Å². The average Bonchev–Trinajstić information content (AvgIpc) is 2.47. The van der Waals surface area contributed by atoms with Gasteiger partial charge >= 0.3 is 0 Å². The van der Waals surface area contributed by atoms with E-state index in [4.69, 9.17) is 0 Å². The first-order valence-electron chi connectivity index (χ1n) is 7.01. The van der Waals surface area contributed by atoms with Crippen LogP contribution in [0.5, 0.6) is 0 Å². The van der Waals surface area contributed by atoms with Crippen LogP contribution in [0.1, 0.15) is 29.6 Å². The van der Waals surface area contributed by atoms with Crippen LogP contribution in [-0.2, 0) is 0 Å². The van der Waals surface area contributed by atoms with Gasteiger partial charge in [-0.3, -0.25) is 14.9 Å². The summed E-state index contributed by atoms with van der Waals surface area (Å²) in [7, 11) is 0. The number of hydrogen-bond acceptors (Lipinski definition) is 4. The van der Waals surface area contributed by atoms with Gasteiger partial charge in [0.05, 0.1) is 4.92 Å². The number of benzene rings is 1. The van der Waals surface area contributed by atoms with E-state index in [9.17, 15) is 19.3 Å². The number of amides is 1. The van der Waals surface area contributed by atoms with Gasteiger partial charge in [0.25, 0.3) is 11.6 Å². The summed E-state index contributed by atoms with van der Waals surface area (Å²) in [6.07, 6.45) is 3.04. The second kappa shape index (κ2) is 7.12. The molecule has 1 aromatic carbocycles. The largest absolute Gasteiger partial charge is 0.352 e. The molecule has 0 saturated carbocycles. The highest BCUT2D eigenvalue weighted by Gasteiger charge is 2.21. The Labute approximate surface area is 121 Å². The summed E-state index contributed by atoms with van der Waals surface area (Å²) in [5.41, 5.74) is -0.616. The average molecular weight is 295 g/mol. The lowest BCUT2D eigenvalue weighted by Crippen LogP contribution is -2.33. The van der Waals surface area contributed by atoms with E-state index < -0.39 is 16.6 Å². The SMILES string of the molecule is O=C(NCCC1CCCNC1)c1cc(F)ccc1[N+](=O)[O-]. The fourth-order valence-corrected chi connectivity index (χ4v) is 2.50. The number of nitrogens with one attached hydrogen (secondary N) is 2. The van der Waals surface area contributed by atoms with E-state index in [1.165, 1.54) is 0 Å². The molecule has 1 fully saturated rings. The van der Waals surface area contributed by atoms with Gasteiger partial charge in [-0.25, -0.2) is 4.39 Å². The minimum atomic E-state index is -0.681. The van der Waals surface area contributed by atoms with Crippen molar-refractivity contribution in [3.63, 3.8) is 0 Å². The molecule has 0 spiro atoms. The zero-order valence-corrected chi connectivity index (χ0v) is 11.6. The van der Waals surface area contributed by atoms with Crippen molar-refractivity contribution >= 4 is 11.6 Å². The van der Waals surface area contributed by atoms with Crippen LogP contribution in [0.4, 0.5) is 10.1 Å². The van der Waals surface area contributed by atoms with Gasteiger partial charge in [0, 0.05) is 12.6 Å². The fraction of sp³-hybridized carbons (Fsp3) is 0.500. The van der Waals surface area contributed by atoms with Gasteiger partial charge in [-0.15, -0.1) is 0 Å². The Hall–Kier alpha value is -2.02. The molecule has 0 radical (unpaired) electrons. The maximum absolute atomic E-state index is 13.2. The summed E-state index contributed by atoms with van der Waals surface area (Å²) in [5.74, 6) is -0.770. The summed E-state index contributed by atoms with van der Waals surface area (Å²) < 4.78 is 13.2. The molecular formula is C14H18FN3O3. The van der Waals surface area contributed by atoms with Crippen molar-refractivity contribution in [2.45, 2.75) is 19.3 Å². The maximum Gasteiger partial charge on any atom is 0.282 e. The Morgan fingerprint density at radius 3 is 3.00 bits per heavy atom. The number of nitrogens with zero attached hydrogens (tertiary/aromatic N) is 1. The van der Waals surface area contributed by atoms with Crippen LogP contribution >= 0.6 is 0 Å². The molecule has 1 amide bonds. The van der Waals surface area contributed by atoms with Crippen LogP contribution in [0, 0.1) is 21.8 Å². The van der Waals surface area contributed by atoms with Crippen molar-refractivity contribution in [1.82, 2.24) is 10.6 Å². The van der Waals surface area contributed by atoms with Crippen LogP contribution in [0.25, 0.3) is 0 Å². The van der Waals surface area contributed by atoms with Gasteiger partial charge in [-0.1, -0.05) is 0 Å². The lowest BCUT2D eigenvalue weighted by molar-refractivity contribution is -0.385. The molecule has 21 heavy (non-hydrogen) atoms. The number of carbonyl (C=O) groups is 1. The molecule has 1 heterocycles. The normalized spacial score (nSPS) is 18.2. The second-order valence-corrected chi connectivity index (χ2v) is 5.18. The Morgan fingerprint density at radius 2 is 2.33 bits per heavy atom. The van der Waals surface area contributed by atoms with Crippen molar-refractivity contribution in [2.24, 2.45) is 5.92 Å². The van der Waals surface area contributed by atoms with Gasteiger partial charge < -0.3 is 10.6 Å². The summed E-state index contributed by atoms with van der Waals surface area (Å²) in [6, 6.07) is 2.88. The standard InChI is InChI=1S/C14H18FN3O3/c15-11-3-4-13(18(20)21)12(8-11)14(19)17-7-5-10-2-1-6-16-9-10/h3-4,8,10,16H,1-2,5-7,9H2,(H,17,19). The number of hydrogen-bond donors (Lipinski definition) is 2. The van der Waals surface area contributed by atoms with Crippen LogP contribution in [0.3, 0.4) is 0 Å². The minimum absolute atomic E-state index is 0.234. The number of nitro groups is 1. The third kappa shape index (κ3) is 4.22. The first-order valence-corrected chi connectivity index (χ1v) is 7.01. The molecule has 6 nitrogen and oxygen atoms in total. The molecule has 1 aliphatic rings. The molecule has 0 aliphatic carbocycles. The number of carbonyl (C=O) groups excluding carboxylic acids is 1. The summed E-state index contributed by atoms with van der Waals surface area (Å²) in [5, 5.41) is 16.8. The first-order chi connectivity index (χ1) is 10.1. The topological polar surface area (TPSA) is 84.3 Å². The summed E-state index contributed by atoms with van der Waals surface area (Å²) in [4.78, 5) is 22.1. The smallest absolute Gasteiger partial charge is 0.282 e. The van der Waals surface area contributed by atoms with E-state index in [2.05, 4.69) is 10.6 Å². The van der Waals surface area contributed by atoms with Gasteiger partial charge in [0.15, 0.2) is 0 Å². The monoisotopic (exact) mass is 295 g/mol. The molecule has 114 valence electrons. The van der Waals surface area contributed by atoms with Crippen molar-refractivity contribution in [1.29, 1.82) is 0 Å². The van der Waals surface area contributed by atoms with Crippen LogP contribution < -0.4 is 10.6 Å². The number of piperidine rings is 1. The third-order valence-electron chi connectivity index (χ3n) is 3.64. The Kier molecular flexibility index (Phi) is 5.21. The molecule has 2 N–H and O–H groups in total. The van der Waals surface area contributed by atoms with Crippen molar-refractivity contribution < 1.29 is 14.1 Å². The molecule has 2 rings (SSSR count). The zero-order valence-electron chi connectivity index (χ0n) is 11.6. The maximum atomic E-state index is 13.2. The zero-order chi connectivity index (χ0) is 15.2. The lowest BCUT2D eigenvalue weighted by Gasteiger charge is -2.22. The fourth-order valence-electron chi connectivity index (χ4n) is 2.50. The first kappa shape index (κ1) is 15.4. The Bertz CT molecular complexity index is 530. The Morgan fingerprint density at radius 1 is 1.52 bits per heavy atom. The number of rotatable bonds is 5. The van der Waals surface area contributed by atoms with E-state index in [1.807, 2.05) is 0 Å². The highest BCUT2D eigenvalue weighted by Crippen LogP contribution is 2.19. The van der Waals surface area contributed by atoms with Crippen molar-refractivity contribution in [3.05, 3.63) is 39.7 Å². The Balaban J connectivity index is 1.93. The molecule has 7 heteroatoms. The summed E-state index contributed by atoms with van der Waals surface area (Å²) >= 11 is 0. The van der Waals surface area contributed by atoms with E-state index in [-0.39, 0.29) is 11.3 Å². The number of nitro benzene ring substituents is 1. The van der Waals surface area contributed by atoms with Gasteiger partial charge in [-0.05, 0) is 50.4 Å². The van der Waals surface area contributed by atoms with Gasteiger partial charge in [0.2, 0.25) is 0 Å². The highest BCUT2D eigenvalue weighted by atomic mass is 19.1. The molecule has 1 aliphatic heterocycles. The number of halogens is 1. The van der Waals surface area contributed by atoms with E-state index >= 15 is 0 Å². The molecular weight excluding hydrogens is 277 g/mol. The molecule has 0 bridgehead atoms. The second-order valence-electron chi connectivity index (χ2n) is 5.18. The minimum Gasteiger partial charge on any atom is -0.352 e. The van der Waals surface area contributed by atoms with E-state index in [0.29, 0.717) is 12.5 Å². The van der Waals surface area contributed by atoms with Crippen LogP contribution in [0.15, 0.2) is 18.2 Å². The molecule has 1 aromatic rings. The molecule has 0 aromatic heterocycles. The summed E-state index contributed by atoms with van der Waals surface area (Å²) in [6.45, 7) is 2.38. The molecule has 1 atom stereocenters. The van der Waals surface area contributed by atoms with E-state index in [0.717, 1.165) is 50.6 Å². The van der Waals surface area contributed by atoms with Crippen molar-refractivity contribution in [3.8, 4) is 0 Å². The van der Waals surface area contributed by atoms with E-state index in [1.54, 1.807) is 0 Å². The van der Waals surface area contributed by atoms with Gasteiger partial charge in [-0.2, -0.15) is 0 Å². The predicted molar refractivity (Wildman–Crippen MR) is 75.6 cm³/mol. The lowest BCUT2D eigenvalue weighted by atomic mass is 9.96.